The first kappa shape index (κ1) is 14.6. The normalized spacial score (nSPS) is 14.8. The predicted molar refractivity (Wildman–Crippen MR) is 77.5 cm³/mol. The van der Waals surface area contributed by atoms with Crippen molar-refractivity contribution < 1.29 is 14.3 Å². The highest BCUT2D eigenvalue weighted by Gasteiger charge is 2.27. The van der Waals surface area contributed by atoms with Crippen LogP contribution < -0.4 is 5.32 Å². The number of esters is 1. The zero-order valence-electron chi connectivity index (χ0n) is 12.0. The molecule has 1 aromatic rings. The van der Waals surface area contributed by atoms with E-state index in [1.165, 1.54) is 5.56 Å². The van der Waals surface area contributed by atoms with Crippen LogP contribution in [-0.4, -0.2) is 18.5 Å². The van der Waals surface area contributed by atoms with Crippen molar-refractivity contribution >= 4 is 17.6 Å². The molecule has 4 nitrogen and oxygen atoms in total. The van der Waals surface area contributed by atoms with Gasteiger partial charge < -0.3 is 10.1 Å². The Morgan fingerprint density at radius 1 is 1.25 bits per heavy atom. The minimum atomic E-state index is -0.296. The molecule has 108 valence electrons. The minimum absolute atomic E-state index is 0.00752. The Labute approximate surface area is 119 Å². The molecule has 1 aliphatic rings. The summed E-state index contributed by atoms with van der Waals surface area (Å²) < 4.78 is 4.99. The fraction of sp³-hybridized carbons (Fsp3) is 0.500. The molecule has 1 fully saturated rings. The third-order valence-corrected chi connectivity index (χ3v) is 3.65. The van der Waals surface area contributed by atoms with Crippen molar-refractivity contribution in [3.8, 4) is 0 Å². The van der Waals surface area contributed by atoms with E-state index in [1.54, 1.807) is 0 Å². The quantitative estimate of drug-likeness (QED) is 0.840. The summed E-state index contributed by atoms with van der Waals surface area (Å²) in [6, 6.07) is 7.70. The van der Waals surface area contributed by atoms with E-state index in [2.05, 4.69) is 19.2 Å². The maximum absolute atomic E-state index is 11.7. The standard InChI is InChI=1S/C16H21NO3/c1-11(2)12-6-8-14(9-7-12)17-15(18)10-20-16(19)13-4-3-5-13/h6-9,11,13H,3-5,10H2,1-2H3,(H,17,18). The average Bonchev–Trinajstić information content (AvgIpc) is 2.35. The Hall–Kier alpha value is -1.84. The smallest absolute Gasteiger partial charge is 0.309 e. The lowest BCUT2D eigenvalue weighted by Gasteiger charge is -2.22. The second-order valence-corrected chi connectivity index (χ2v) is 5.56. The molecule has 0 unspecified atom stereocenters. The van der Waals surface area contributed by atoms with Crippen LogP contribution in [0.4, 0.5) is 5.69 Å². The summed E-state index contributed by atoms with van der Waals surface area (Å²) in [4.78, 5) is 23.2. The Balaban J connectivity index is 1.77. The monoisotopic (exact) mass is 275 g/mol. The van der Waals surface area contributed by atoms with E-state index in [1.807, 2.05) is 24.3 Å². The Bertz CT molecular complexity index is 475. The highest BCUT2D eigenvalue weighted by atomic mass is 16.5. The molecule has 0 bridgehead atoms. The number of hydrogen-bond donors (Lipinski definition) is 1. The Kier molecular flexibility index (Phi) is 4.77. The van der Waals surface area contributed by atoms with Gasteiger partial charge in [-0.15, -0.1) is 0 Å². The first-order valence-corrected chi connectivity index (χ1v) is 7.12. The van der Waals surface area contributed by atoms with E-state index in [0.717, 1.165) is 24.9 Å². The van der Waals surface area contributed by atoms with Gasteiger partial charge in [-0.05, 0) is 36.5 Å². The summed E-state index contributed by atoms with van der Waals surface area (Å²) in [5.41, 5.74) is 1.94. The SMILES string of the molecule is CC(C)c1ccc(NC(=O)COC(=O)C2CCC2)cc1. The average molecular weight is 275 g/mol. The number of benzene rings is 1. The van der Waals surface area contributed by atoms with E-state index in [9.17, 15) is 9.59 Å². The van der Waals surface area contributed by atoms with Gasteiger partial charge in [-0.2, -0.15) is 0 Å². The molecule has 1 amide bonds. The molecular weight excluding hydrogens is 254 g/mol. The number of hydrogen-bond acceptors (Lipinski definition) is 3. The summed E-state index contributed by atoms with van der Waals surface area (Å²) in [7, 11) is 0. The number of amides is 1. The molecule has 1 saturated carbocycles. The molecule has 4 heteroatoms. The van der Waals surface area contributed by atoms with Crippen molar-refractivity contribution in [3.05, 3.63) is 29.8 Å². The molecule has 2 rings (SSSR count). The second kappa shape index (κ2) is 6.55. The molecular formula is C16H21NO3. The molecule has 20 heavy (non-hydrogen) atoms. The maximum atomic E-state index is 11.7. The number of nitrogens with one attached hydrogen (secondary N) is 1. The largest absolute Gasteiger partial charge is 0.455 e. The van der Waals surface area contributed by atoms with Gasteiger partial charge in [0.25, 0.3) is 5.91 Å². The lowest BCUT2D eigenvalue weighted by Crippen LogP contribution is -2.28. The fourth-order valence-corrected chi connectivity index (χ4v) is 2.05. The van der Waals surface area contributed by atoms with E-state index >= 15 is 0 Å². The number of anilines is 1. The van der Waals surface area contributed by atoms with E-state index in [4.69, 9.17) is 4.74 Å². The minimum Gasteiger partial charge on any atom is -0.455 e. The molecule has 0 heterocycles. The molecule has 0 atom stereocenters. The first-order valence-electron chi connectivity index (χ1n) is 7.12. The highest BCUT2D eigenvalue weighted by Crippen LogP contribution is 2.27. The fourth-order valence-electron chi connectivity index (χ4n) is 2.05. The van der Waals surface area contributed by atoms with Gasteiger partial charge in [0.1, 0.15) is 0 Å². The summed E-state index contributed by atoms with van der Waals surface area (Å²) in [6.45, 7) is 4.03. The van der Waals surface area contributed by atoms with Crippen molar-refractivity contribution in [2.24, 2.45) is 5.92 Å². The van der Waals surface area contributed by atoms with Crippen molar-refractivity contribution in [1.29, 1.82) is 0 Å². The van der Waals surface area contributed by atoms with Crippen molar-refractivity contribution in [1.82, 2.24) is 0 Å². The number of rotatable bonds is 5. The summed E-state index contributed by atoms with van der Waals surface area (Å²) in [5.74, 6) is -0.0761. The molecule has 0 aromatic heterocycles. The summed E-state index contributed by atoms with van der Waals surface area (Å²) in [6.07, 6.45) is 2.85. The van der Waals surface area contributed by atoms with Crippen LogP contribution in [0.1, 0.15) is 44.6 Å². The van der Waals surface area contributed by atoms with Crippen LogP contribution in [-0.2, 0) is 14.3 Å². The first-order chi connectivity index (χ1) is 9.56. The van der Waals surface area contributed by atoms with Gasteiger partial charge in [-0.1, -0.05) is 32.4 Å². The summed E-state index contributed by atoms with van der Waals surface area (Å²) >= 11 is 0. The van der Waals surface area contributed by atoms with Gasteiger partial charge in [0.2, 0.25) is 0 Å². The lowest BCUT2D eigenvalue weighted by molar-refractivity contribution is -0.154. The summed E-state index contributed by atoms with van der Waals surface area (Å²) in [5, 5.41) is 2.72. The maximum Gasteiger partial charge on any atom is 0.309 e. The van der Waals surface area contributed by atoms with Crippen LogP contribution in [0.15, 0.2) is 24.3 Å². The van der Waals surface area contributed by atoms with Crippen molar-refractivity contribution in [3.63, 3.8) is 0 Å². The van der Waals surface area contributed by atoms with Crippen LogP contribution in [0.2, 0.25) is 0 Å². The topological polar surface area (TPSA) is 55.4 Å². The number of ether oxygens (including phenoxy) is 1. The lowest BCUT2D eigenvalue weighted by atomic mass is 9.86. The van der Waals surface area contributed by atoms with Gasteiger partial charge in [0.15, 0.2) is 6.61 Å². The van der Waals surface area contributed by atoms with Gasteiger partial charge in [-0.3, -0.25) is 9.59 Å². The molecule has 0 saturated heterocycles. The third kappa shape index (κ3) is 3.83. The molecule has 1 aliphatic carbocycles. The van der Waals surface area contributed by atoms with Gasteiger partial charge >= 0.3 is 5.97 Å². The predicted octanol–water partition coefficient (Wildman–Crippen LogP) is 3.09. The highest BCUT2D eigenvalue weighted by molar-refractivity contribution is 5.92. The van der Waals surface area contributed by atoms with E-state index in [-0.39, 0.29) is 24.4 Å². The number of carbonyl (C=O) groups excluding carboxylic acids is 2. The molecule has 0 radical (unpaired) electrons. The van der Waals surface area contributed by atoms with Crippen molar-refractivity contribution in [2.75, 3.05) is 11.9 Å². The van der Waals surface area contributed by atoms with Gasteiger partial charge in [0, 0.05) is 5.69 Å². The zero-order chi connectivity index (χ0) is 14.5. The van der Waals surface area contributed by atoms with Crippen LogP contribution in [0.25, 0.3) is 0 Å². The molecule has 1 N–H and O–H groups in total. The van der Waals surface area contributed by atoms with E-state index in [0.29, 0.717) is 5.92 Å². The molecule has 1 aromatic carbocycles. The van der Waals surface area contributed by atoms with E-state index < -0.39 is 0 Å². The Morgan fingerprint density at radius 3 is 2.40 bits per heavy atom. The zero-order valence-corrected chi connectivity index (χ0v) is 12.0. The van der Waals surface area contributed by atoms with Crippen molar-refractivity contribution in [2.45, 2.75) is 39.0 Å². The third-order valence-electron chi connectivity index (χ3n) is 3.65. The number of carbonyl (C=O) groups is 2. The Morgan fingerprint density at radius 2 is 1.90 bits per heavy atom. The van der Waals surface area contributed by atoms with Gasteiger partial charge in [0.05, 0.1) is 5.92 Å². The molecule has 0 aliphatic heterocycles. The van der Waals surface area contributed by atoms with Crippen LogP contribution >= 0.6 is 0 Å². The molecule has 0 spiro atoms. The van der Waals surface area contributed by atoms with Gasteiger partial charge in [-0.25, -0.2) is 0 Å². The second-order valence-electron chi connectivity index (χ2n) is 5.56. The van der Waals surface area contributed by atoms with Crippen LogP contribution in [0.3, 0.4) is 0 Å². The van der Waals surface area contributed by atoms with Crippen LogP contribution in [0.5, 0.6) is 0 Å². The van der Waals surface area contributed by atoms with Crippen LogP contribution in [0, 0.1) is 5.92 Å².